The molecule has 2 fully saturated rings. The summed E-state index contributed by atoms with van der Waals surface area (Å²) in [6.07, 6.45) is 1.65. The number of para-hydroxylation sites is 1. The molecule has 1 amide bonds. The average Bonchev–Trinajstić information content (AvgIpc) is 3.19. The molecule has 172 valence electrons. The minimum absolute atomic E-state index is 0. The lowest BCUT2D eigenvalue weighted by molar-refractivity contribution is -0.128. The van der Waals surface area contributed by atoms with Crippen molar-refractivity contribution in [3.8, 4) is 0 Å². The van der Waals surface area contributed by atoms with Crippen LogP contribution in [-0.2, 0) is 17.9 Å². The van der Waals surface area contributed by atoms with E-state index in [4.69, 9.17) is 11.6 Å². The van der Waals surface area contributed by atoms with E-state index in [0.717, 1.165) is 55.8 Å². The van der Waals surface area contributed by atoms with Crippen LogP contribution in [0, 0.1) is 0 Å². The molecule has 0 aromatic heterocycles. The fraction of sp³-hybridized carbons (Fsp3) is 0.417. The van der Waals surface area contributed by atoms with Crippen LogP contribution < -0.4 is 10.2 Å². The van der Waals surface area contributed by atoms with Crippen LogP contribution in [0.2, 0.25) is 5.02 Å². The van der Waals surface area contributed by atoms with E-state index in [-0.39, 0.29) is 29.9 Å². The number of halogens is 2. The number of likely N-dealkylation sites (tertiary alicyclic amines) is 1. The number of amides is 1. The van der Waals surface area contributed by atoms with Crippen molar-refractivity contribution >= 4 is 53.1 Å². The molecule has 0 bridgehead atoms. The van der Waals surface area contributed by atoms with Gasteiger partial charge in [0.05, 0.1) is 10.7 Å². The summed E-state index contributed by atoms with van der Waals surface area (Å²) in [6.45, 7) is 5.87. The fourth-order valence-electron chi connectivity index (χ4n) is 4.31. The Labute approximate surface area is 212 Å². The molecule has 2 aliphatic rings. The molecule has 0 aliphatic carbocycles. The molecule has 32 heavy (non-hydrogen) atoms. The molecule has 0 spiro atoms. The van der Waals surface area contributed by atoms with E-state index in [9.17, 15) is 4.79 Å². The quantitative estimate of drug-likeness (QED) is 0.338. The predicted molar refractivity (Wildman–Crippen MR) is 142 cm³/mol. The van der Waals surface area contributed by atoms with Crippen molar-refractivity contribution in [1.29, 1.82) is 0 Å². The molecule has 6 nitrogen and oxygen atoms in total. The number of carbonyl (C=O) groups excluding carboxylic acids is 1. The summed E-state index contributed by atoms with van der Waals surface area (Å²) < 4.78 is 0. The highest BCUT2D eigenvalue weighted by molar-refractivity contribution is 14.0. The van der Waals surface area contributed by atoms with Gasteiger partial charge >= 0.3 is 0 Å². The number of piperazine rings is 1. The molecule has 2 aromatic carbocycles. The van der Waals surface area contributed by atoms with Gasteiger partial charge in [-0.25, -0.2) is 0 Å². The van der Waals surface area contributed by atoms with Gasteiger partial charge in [0.1, 0.15) is 0 Å². The first-order valence-electron chi connectivity index (χ1n) is 10.9. The van der Waals surface area contributed by atoms with Gasteiger partial charge in [0, 0.05) is 59.3 Å². The van der Waals surface area contributed by atoms with Crippen molar-refractivity contribution < 1.29 is 4.79 Å². The number of rotatable bonds is 5. The zero-order valence-corrected chi connectivity index (χ0v) is 21.6. The predicted octanol–water partition coefficient (Wildman–Crippen LogP) is 3.98. The number of guanidine groups is 1. The van der Waals surface area contributed by atoms with Gasteiger partial charge in [-0.2, -0.15) is 0 Å². The van der Waals surface area contributed by atoms with E-state index < -0.39 is 0 Å². The number of aliphatic imine (C=N–C) groups is 1. The lowest BCUT2D eigenvalue weighted by Gasteiger charge is -2.38. The molecule has 0 saturated carbocycles. The van der Waals surface area contributed by atoms with Gasteiger partial charge in [0.15, 0.2) is 5.96 Å². The number of nitrogens with one attached hydrogen (secondary N) is 1. The Morgan fingerprint density at radius 3 is 2.47 bits per heavy atom. The highest BCUT2D eigenvalue weighted by Crippen LogP contribution is 2.26. The summed E-state index contributed by atoms with van der Waals surface area (Å²) in [6, 6.07) is 16.5. The van der Waals surface area contributed by atoms with Crippen LogP contribution in [-0.4, -0.2) is 61.4 Å². The third-order valence-electron chi connectivity index (χ3n) is 5.97. The Balaban J connectivity index is 0.00000289. The van der Waals surface area contributed by atoms with Crippen molar-refractivity contribution in [2.24, 2.45) is 4.99 Å². The number of anilines is 1. The van der Waals surface area contributed by atoms with E-state index in [0.29, 0.717) is 19.5 Å². The Bertz CT molecular complexity index is 945. The lowest BCUT2D eigenvalue weighted by atomic mass is 10.1. The zero-order valence-electron chi connectivity index (χ0n) is 18.5. The number of carbonyl (C=O) groups is 1. The summed E-state index contributed by atoms with van der Waals surface area (Å²) in [7, 11) is 1.83. The summed E-state index contributed by atoms with van der Waals surface area (Å²) in [5.74, 6) is 1.18. The van der Waals surface area contributed by atoms with Gasteiger partial charge in [0.25, 0.3) is 0 Å². The molecule has 2 aromatic rings. The maximum atomic E-state index is 11.9. The van der Waals surface area contributed by atoms with Gasteiger partial charge in [0.2, 0.25) is 5.91 Å². The molecule has 1 N–H and O–H groups in total. The second-order valence-corrected chi connectivity index (χ2v) is 8.47. The van der Waals surface area contributed by atoms with Gasteiger partial charge in [-0.05, 0) is 29.7 Å². The molecule has 8 heteroatoms. The maximum absolute atomic E-state index is 11.9. The lowest BCUT2D eigenvalue weighted by Crippen LogP contribution is -2.52. The molecule has 4 rings (SSSR count). The molecular weight excluding hydrogens is 537 g/mol. The Morgan fingerprint density at radius 2 is 1.78 bits per heavy atom. The molecule has 2 aliphatic heterocycles. The fourth-order valence-corrected chi connectivity index (χ4v) is 4.57. The molecule has 0 atom stereocenters. The first-order chi connectivity index (χ1) is 15.1. The van der Waals surface area contributed by atoms with Crippen molar-refractivity contribution in [2.75, 3.05) is 44.7 Å². The second-order valence-electron chi connectivity index (χ2n) is 8.07. The minimum Gasteiger partial charge on any atom is -0.367 e. The molecule has 2 heterocycles. The standard InChI is InChI=1S/C24H30ClN5O.HI/c1-26-24(29-14-12-28(13-15-29)22-9-3-2-8-21(22)25)27-17-19-6-4-7-20(16-19)18-30-11-5-10-23(30)31;/h2-4,6-9,16H,5,10-15,17-18H2,1H3,(H,26,27);1H. The number of hydrogen-bond donors (Lipinski definition) is 1. The van der Waals surface area contributed by atoms with Crippen molar-refractivity contribution in [2.45, 2.75) is 25.9 Å². The first-order valence-corrected chi connectivity index (χ1v) is 11.3. The van der Waals surface area contributed by atoms with Crippen molar-refractivity contribution in [1.82, 2.24) is 15.1 Å². The maximum Gasteiger partial charge on any atom is 0.222 e. The molecule has 0 radical (unpaired) electrons. The number of benzene rings is 2. The third kappa shape index (κ3) is 6.07. The first kappa shape index (κ1) is 24.6. The summed E-state index contributed by atoms with van der Waals surface area (Å²) >= 11 is 6.36. The van der Waals surface area contributed by atoms with Crippen LogP contribution in [0.15, 0.2) is 53.5 Å². The zero-order chi connectivity index (χ0) is 21.6. The van der Waals surface area contributed by atoms with Crippen molar-refractivity contribution in [3.63, 3.8) is 0 Å². The van der Waals surface area contributed by atoms with Crippen LogP contribution in [0.25, 0.3) is 0 Å². The van der Waals surface area contributed by atoms with Crippen LogP contribution in [0.1, 0.15) is 24.0 Å². The van der Waals surface area contributed by atoms with Gasteiger partial charge in [-0.1, -0.05) is 48.0 Å². The van der Waals surface area contributed by atoms with Crippen LogP contribution in [0.5, 0.6) is 0 Å². The van der Waals surface area contributed by atoms with E-state index >= 15 is 0 Å². The van der Waals surface area contributed by atoms with Crippen LogP contribution in [0.3, 0.4) is 0 Å². The topological polar surface area (TPSA) is 51.2 Å². The summed E-state index contributed by atoms with van der Waals surface area (Å²) in [5.41, 5.74) is 3.47. The third-order valence-corrected chi connectivity index (χ3v) is 6.29. The largest absolute Gasteiger partial charge is 0.367 e. The normalized spacial score (nSPS) is 16.9. The average molecular weight is 568 g/mol. The number of nitrogens with zero attached hydrogens (tertiary/aromatic N) is 4. The smallest absolute Gasteiger partial charge is 0.222 e. The van der Waals surface area contributed by atoms with Crippen LogP contribution in [0.4, 0.5) is 5.69 Å². The molecule has 0 unspecified atom stereocenters. The highest BCUT2D eigenvalue weighted by atomic mass is 127. The summed E-state index contributed by atoms with van der Waals surface area (Å²) in [4.78, 5) is 23.0. The minimum atomic E-state index is 0. The van der Waals surface area contributed by atoms with E-state index in [1.165, 1.54) is 11.1 Å². The van der Waals surface area contributed by atoms with Gasteiger partial charge in [-0.15, -0.1) is 24.0 Å². The van der Waals surface area contributed by atoms with Gasteiger partial charge in [-0.3, -0.25) is 9.79 Å². The Morgan fingerprint density at radius 1 is 1.03 bits per heavy atom. The SMILES string of the molecule is CN=C(NCc1cccc(CN2CCCC2=O)c1)N1CCN(c2ccccc2Cl)CC1.I. The monoisotopic (exact) mass is 567 g/mol. The van der Waals surface area contributed by atoms with Crippen LogP contribution >= 0.6 is 35.6 Å². The molecule has 2 saturated heterocycles. The summed E-state index contributed by atoms with van der Waals surface area (Å²) in [5, 5.41) is 4.30. The van der Waals surface area contributed by atoms with Crippen molar-refractivity contribution in [3.05, 3.63) is 64.7 Å². The van der Waals surface area contributed by atoms with E-state index in [1.807, 2.05) is 30.1 Å². The Kier molecular flexibility index (Phi) is 9.04. The highest BCUT2D eigenvalue weighted by Gasteiger charge is 2.22. The Hall–Kier alpha value is -2.00. The molecular formula is C24H31ClIN5O. The number of hydrogen-bond acceptors (Lipinski definition) is 3. The second kappa shape index (κ2) is 11.7. The van der Waals surface area contributed by atoms with Gasteiger partial charge < -0.3 is 20.0 Å². The van der Waals surface area contributed by atoms with E-state index in [2.05, 4.69) is 50.4 Å². The van der Waals surface area contributed by atoms with E-state index in [1.54, 1.807) is 0 Å².